The van der Waals surface area contributed by atoms with Crippen molar-refractivity contribution in [3.8, 4) is 0 Å². The first-order valence-corrected chi connectivity index (χ1v) is 42.5. The summed E-state index contributed by atoms with van der Waals surface area (Å²) in [7, 11) is 3.36. The summed E-state index contributed by atoms with van der Waals surface area (Å²) in [4.78, 5) is 62.9. The van der Waals surface area contributed by atoms with Crippen molar-refractivity contribution >= 4 is 35.8 Å². The van der Waals surface area contributed by atoms with Crippen LogP contribution in [-0.2, 0) is 85.5 Å². The third-order valence-electron chi connectivity index (χ3n) is 16.5. The van der Waals surface area contributed by atoms with Crippen LogP contribution in [0.5, 0.6) is 0 Å². The number of methoxy groups -OCH3 is 2. The average Bonchev–Trinajstić information content (AvgIpc) is 1.81. The molecule has 1 saturated heterocycles. The van der Waals surface area contributed by atoms with Gasteiger partial charge in [0.1, 0.15) is 69.7 Å². The van der Waals surface area contributed by atoms with Crippen molar-refractivity contribution in [2.24, 2.45) is 11.8 Å². The summed E-state index contributed by atoms with van der Waals surface area (Å²) in [6.07, 6.45) is 28.2. The molecule has 6 atom stereocenters. The molecule has 0 radical (unpaired) electrons. The van der Waals surface area contributed by atoms with Crippen molar-refractivity contribution in [3.05, 3.63) is 145 Å². The number of aliphatic hydroxyl groups is 5. The number of carboxylic acid groups (broad SMARTS) is 1. The highest BCUT2D eigenvalue weighted by Crippen LogP contribution is 2.25. The molecule has 4 aliphatic carbocycles. The predicted octanol–water partition coefficient (Wildman–Crippen LogP) is 14.5. The van der Waals surface area contributed by atoms with Crippen LogP contribution in [0.25, 0.3) is 0 Å². The molecule has 0 aromatic heterocycles. The number of hydrogen-bond acceptors (Lipinski definition) is 25. The van der Waals surface area contributed by atoms with Crippen LogP contribution in [0.2, 0.25) is 0 Å². The molecule has 4 aromatic rings. The predicted molar refractivity (Wildman–Crippen MR) is 464 cm³/mol. The van der Waals surface area contributed by atoms with Crippen LogP contribution in [0.4, 0.5) is 0 Å². The van der Waals surface area contributed by atoms with E-state index in [0.717, 1.165) is 39.0 Å². The van der Waals surface area contributed by atoms with Crippen LogP contribution in [0.3, 0.4) is 0 Å². The Kier molecular flexibility index (Phi) is 96.2. The van der Waals surface area contributed by atoms with Gasteiger partial charge in [0.25, 0.3) is 0 Å². The molecule has 9 rings (SSSR count). The zero-order valence-corrected chi connectivity index (χ0v) is 74.4. The molecule has 8 N–H and O–H groups in total. The minimum absolute atomic E-state index is 0. The Hall–Kier alpha value is -6.90. The van der Waals surface area contributed by atoms with E-state index in [0.29, 0.717) is 56.2 Å². The minimum Gasteiger partial charge on any atom is -0.478 e. The van der Waals surface area contributed by atoms with E-state index in [1.807, 2.05) is 120 Å². The molecule has 688 valence electrons. The first-order valence-electron chi connectivity index (χ1n) is 42.5. The largest absolute Gasteiger partial charge is 0.478 e. The van der Waals surface area contributed by atoms with Crippen LogP contribution in [0.15, 0.2) is 133 Å². The summed E-state index contributed by atoms with van der Waals surface area (Å²) in [5.74, 6) is -1.38. The summed E-state index contributed by atoms with van der Waals surface area (Å²) in [5.41, 5.74) is 0.824. The molecule has 4 saturated carbocycles. The number of benzene rings is 4. The third-order valence-corrected chi connectivity index (χ3v) is 16.5. The maximum Gasteiger partial charge on any atom is 0.338 e. The number of esters is 5. The summed E-state index contributed by atoms with van der Waals surface area (Å²) >= 11 is 0. The number of carboxylic acids is 1. The van der Waals surface area contributed by atoms with Crippen molar-refractivity contribution in [2.45, 2.75) is 247 Å². The maximum absolute atomic E-state index is 11.7. The van der Waals surface area contributed by atoms with Crippen LogP contribution in [-0.4, -0.2) is 255 Å². The highest BCUT2D eigenvalue weighted by molar-refractivity contribution is 5.89. The van der Waals surface area contributed by atoms with Crippen LogP contribution < -0.4 is 0 Å². The highest BCUT2D eigenvalue weighted by Gasteiger charge is 2.23. The Morgan fingerprint density at radius 2 is 0.538 bits per heavy atom. The lowest BCUT2D eigenvalue weighted by Gasteiger charge is -2.22. The van der Waals surface area contributed by atoms with E-state index in [1.165, 1.54) is 169 Å². The van der Waals surface area contributed by atoms with E-state index in [1.54, 1.807) is 68.8 Å². The first-order chi connectivity index (χ1) is 57.0. The summed E-state index contributed by atoms with van der Waals surface area (Å²) in [6, 6.07) is 41.1. The molecule has 27 heteroatoms. The van der Waals surface area contributed by atoms with Crippen molar-refractivity contribution in [2.75, 3.05) is 146 Å². The number of ether oxygens (including phenoxy) is 14. The zero-order chi connectivity index (χ0) is 88.4. The molecule has 5 aliphatic rings. The van der Waals surface area contributed by atoms with Gasteiger partial charge in [0, 0.05) is 94.8 Å². The lowest BCUT2D eigenvalue weighted by atomic mass is 9.90. The molecule has 5 fully saturated rings. The molecule has 1 heterocycles. The van der Waals surface area contributed by atoms with Crippen molar-refractivity contribution in [1.29, 1.82) is 0 Å². The Bertz CT molecular complexity index is 2480. The number of aromatic carboxylic acids is 1. The Labute approximate surface area is 713 Å². The van der Waals surface area contributed by atoms with Crippen molar-refractivity contribution in [1.82, 2.24) is 0 Å². The molecule has 4 aromatic carbocycles. The standard InChI is InChI=1S/C17H24O4.C10H18O2.4C7H14O4.C7H6O2.2C6H12.2C6H6.2C3H8O.H2O/c18-16(12-20-11-14-7-3-1-4-8-14)13-21-17(19)15-9-5-2-6-10-15;1-2-4-9(5-3-1)6-11-7-10-8-12-10;4*1-3-10-4-7(9)5-11-6(2)8;8-7(9)6-4-2-1-3-5-6;4*1-2-4-6-5-3-1;2*1-3-4-2;/h2,5-6,9-10,14,16,18H,1,3-4,7-8,11-13H2;9-10H,1-8H2;4*7,9H,3-5H2,1-2H3;1-5H,(H,8,9);2*1-6H2;2*1-6H;2*3H2,1-2H3;1H2. The second kappa shape index (κ2) is 94.9. The van der Waals surface area contributed by atoms with E-state index in [2.05, 4.69) is 28.4 Å². The van der Waals surface area contributed by atoms with Crippen LogP contribution >= 0.6 is 0 Å². The molecule has 27 nitrogen and oxygen atoms in total. The quantitative estimate of drug-likeness (QED) is 0.0144. The van der Waals surface area contributed by atoms with Gasteiger partial charge in [0.15, 0.2) is 0 Å². The van der Waals surface area contributed by atoms with Crippen molar-refractivity contribution in [3.63, 3.8) is 0 Å². The number of rotatable bonds is 34. The van der Waals surface area contributed by atoms with E-state index in [9.17, 15) is 33.9 Å². The summed E-state index contributed by atoms with van der Waals surface area (Å²) in [5, 5.41) is 54.3. The maximum atomic E-state index is 11.7. The highest BCUT2D eigenvalue weighted by atomic mass is 16.6. The molecule has 0 bridgehead atoms. The fourth-order valence-corrected chi connectivity index (χ4v) is 10.0. The Morgan fingerprint density at radius 3 is 0.756 bits per heavy atom. The monoisotopic (exact) mass is 1700 g/mol. The lowest BCUT2D eigenvalue weighted by molar-refractivity contribution is -0.145. The number of aliphatic hydroxyl groups excluding tert-OH is 5. The number of carbonyl (C=O) groups is 6. The molecule has 119 heavy (non-hydrogen) atoms. The van der Waals surface area contributed by atoms with Gasteiger partial charge in [0.2, 0.25) is 0 Å². The normalized spacial score (nSPS) is 15.2. The fraction of sp³-hybridized carbons (Fsp3) is 0.674. The van der Waals surface area contributed by atoms with E-state index in [4.69, 9.17) is 63.4 Å². The minimum atomic E-state index is -0.879. The van der Waals surface area contributed by atoms with E-state index < -0.39 is 42.5 Å². The van der Waals surface area contributed by atoms with Gasteiger partial charge < -0.3 is 102 Å². The fourth-order valence-electron chi connectivity index (χ4n) is 10.0. The van der Waals surface area contributed by atoms with Gasteiger partial charge in [-0.3, -0.25) is 19.2 Å². The van der Waals surface area contributed by atoms with E-state index in [-0.39, 0.29) is 95.4 Å². The topological polar surface area (TPSA) is 388 Å². The summed E-state index contributed by atoms with van der Waals surface area (Å²) < 4.78 is 68.0. The molecular formula is C92H158O27. The van der Waals surface area contributed by atoms with Crippen molar-refractivity contribution < 1.29 is 131 Å². The van der Waals surface area contributed by atoms with Gasteiger partial charge in [-0.15, -0.1) is 0 Å². The van der Waals surface area contributed by atoms with Gasteiger partial charge in [0.05, 0.1) is 57.4 Å². The van der Waals surface area contributed by atoms with Crippen LogP contribution in [0.1, 0.15) is 231 Å². The van der Waals surface area contributed by atoms with Gasteiger partial charge in [-0.2, -0.15) is 0 Å². The number of epoxide rings is 1. The number of carbonyl (C=O) groups excluding carboxylic acids is 5. The van der Waals surface area contributed by atoms with Gasteiger partial charge in [-0.05, 0) is 103 Å². The molecular weight excluding hydrogens is 1540 g/mol. The SMILES string of the molecule is C1CCC(COCC2CO2)CC1.C1CCCCC1.C1CCCCC1.CCOC.CCOC.CCOCC(O)COC(C)=O.CCOCC(O)COC(C)=O.CCOCC(O)COC(C)=O.CCOCC(O)COC(C)=O.O.O=C(O)c1ccccc1.O=C(OCC(O)COCC1CCCCC1)c1ccccc1.c1ccccc1.c1ccccc1. The molecule has 0 amide bonds. The smallest absolute Gasteiger partial charge is 0.338 e. The Morgan fingerprint density at radius 1 is 0.319 bits per heavy atom. The molecule has 1 aliphatic heterocycles. The first kappa shape index (κ1) is 121. The third kappa shape index (κ3) is 99.8. The molecule has 0 spiro atoms. The Balaban J connectivity index is -0.000000404. The average molecular weight is 1700 g/mol. The zero-order valence-electron chi connectivity index (χ0n) is 74.4. The number of hydrogen-bond donors (Lipinski definition) is 6. The second-order valence-electron chi connectivity index (χ2n) is 27.5. The van der Waals surface area contributed by atoms with Gasteiger partial charge in [-0.25, -0.2) is 9.59 Å². The molecule has 6 unspecified atom stereocenters. The van der Waals surface area contributed by atoms with Gasteiger partial charge >= 0.3 is 35.8 Å². The van der Waals surface area contributed by atoms with Crippen LogP contribution in [0, 0.1) is 11.8 Å². The van der Waals surface area contributed by atoms with Gasteiger partial charge in [-0.1, -0.05) is 225 Å². The van der Waals surface area contributed by atoms with E-state index >= 15 is 0 Å². The lowest BCUT2D eigenvalue weighted by Crippen LogP contribution is -2.25. The summed E-state index contributed by atoms with van der Waals surface area (Å²) in [6.45, 7) is 24.8. The second-order valence-corrected chi connectivity index (χ2v) is 27.5.